The van der Waals surface area contributed by atoms with Gasteiger partial charge in [0, 0.05) is 18.4 Å². The number of carboxylic acids is 1. The number of carbonyl (C=O) groups is 2. The molecule has 1 aliphatic rings. The van der Waals surface area contributed by atoms with Crippen LogP contribution in [0.15, 0.2) is 11.9 Å². The summed E-state index contributed by atoms with van der Waals surface area (Å²) >= 11 is 0. The fourth-order valence-corrected chi connectivity index (χ4v) is 1.60. The van der Waals surface area contributed by atoms with Gasteiger partial charge in [-0.1, -0.05) is 13.8 Å². The van der Waals surface area contributed by atoms with Crippen LogP contribution in [0.5, 0.6) is 0 Å². The van der Waals surface area contributed by atoms with E-state index in [0.29, 0.717) is 18.9 Å². The first kappa shape index (κ1) is 14.3. The predicted molar refractivity (Wildman–Crippen MR) is 64.6 cm³/mol. The van der Waals surface area contributed by atoms with Crippen LogP contribution in [0.25, 0.3) is 0 Å². The minimum absolute atomic E-state index is 0.0548. The molecular formula is C11H19N3O4. The van der Waals surface area contributed by atoms with Crippen LogP contribution in [-0.2, 0) is 9.53 Å². The molecule has 1 aliphatic heterocycles. The molecule has 1 heterocycles. The van der Waals surface area contributed by atoms with Crippen LogP contribution in [0.2, 0.25) is 0 Å². The van der Waals surface area contributed by atoms with E-state index in [1.54, 1.807) is 11.1 Å². The summed E-state index contributed by atoms with van der Waals surface area (Å²) in [5.74, 6) is -0.837. The van der Waals surface area contributed by atoms with Crippen LogP contribution in [0, 0.1) is 5.92 Å². The van der Waals surface area contributed by atoms with E-state index in [9.17, 15) is 9.59 Å². The van der Waals surface area contributed by atoms with Gasteiger partial charge in [-0.25, -0.2) is 9.59 Å². The van der Waals surface area contributed by atoms with E-state index in [1.165, 1.54) is 7.11 Å². The van der Waals surface area contributed by atoms with Crippen molar-refractivity contribution < 1.29 is 19.4 Å². The topological polar surface area (TPSA) is 90.9 Å². The number of amides is 1. The highest BCUT2D eigenvalue weighted by molar-refractivity contribution is 5.74. The molecule has 0 aliphatic carbocycles. The monoisotopic (exact) mass is 257 g/mol. The lowest BCUT2D eigenvalue weighted by molar-refractivity contribution is -0.140. The fraction of sp³-hybridized carbons (Fsp3) is 0.636. The number of hydrogen-bond acceptors (Lipinski definition) is 5. The van der Waals surface area contributed by atoms with Gasteiger partial charge in [0.15, 0.2) is 0 Å². The van der Waals surface area contributed by atoms with Crippen LogP contribution >= 0.6 is 0 Å². The number of methoxy groups -OCH3 is 1. The van der Waals surface area contributed by atoms with Gasteiger partial charge in [0.05, 0.1) is 13.8 Å². The molecule has 0 aromatic rings. The van der Waals surface area contributed by atoms with Gasteiger partial charge < -0.3 is 14.7 Å². The number of carboxylic acid groups (broad SMARTS) is 1. The molecule has 102 valence electrons. The summed E-state index contributed by atoms with van der Waals surface area (Å²) in [7, 11) is 1.28. The third-order valence-electron chi connectivity index (χ3n) is 2.68. The van der Waals surface area contributed by atoms with Crippen molar-refractivity contribution >= 4 is 12.1 Å². The molecule has 18 heavy (non-hydrogen) atoms. The number of alkyl carbamates (subject to hydrolysis) is 1. The molecule has 1 amide bonds. The number of nitrogens with one attached hydrogen (secondary N) is 2. The van der Waals surface area contributed by atoms with Crippen molar-refractivity contribution in [1.82, 2.24) is 15.5 Å². The standard InChI is InChI=1S/C11H19N3O4/c1-7(2)8(13-11(17)18-3)5-14-6-12-4-9(14)10(15)16/h5,7,9,12H,4,6H2,1-3H3,(H,13,17)(H,15,16). The highest BCUT2D eigenvalue weighted by Crippen LogP contribution is 2.12. The maximum absolute atomic E-state index is 11.2. The van der Waals surface area contributed by atoms with Gasteiger partial charge in [0.2, 0.25) is 0 Å². The second-order valence-electron chi connectivity index (χ2n) is 4.34. The first-order valence-corrected chi connectivity index (χ1v) is 5.71. The van der Waals surface area contributed by atoms with Gasteiger partial charge in [-0.05, 0) is 5.92 Å². The Morgan fingerprint density at radius 3 is 2.72 bits per heavy atom. The molecule has 0 spiro atoms. The Morgan fingerprint density at radius 2 is 2.22 bits per heavy atom. The minimum atomic E-state index is -0.891. The van der Waals surface area contributed by atoms with Gasteiger partial charge in [-0.2, -0.15) is 0 Å². The van der Waals surface area contributed by atoms with Crippen molar-refractivity contribution in [2.24, 2.45) is 5.92 Å². The quantitative estimate of drug-likeness (QED) is 0.664. The summed E-state index contributed by atoms with van der Waals surface area (Å²) < 4.78 is 4.53. The minimum Gasteiger partial charge on any atom is -0.480 e. The number of ether oxygens (including phenoxy) is 1. The van der Waals surface area contributed by atoms with Crippen LogP contribution < -0.4 is 10.6 Å². The maximum atomic E-state index is 11.2. The Balaban J connectivity index is 2.81. The molecule has 1 unspecified atom stereocenters. The first-order valence-electron chi connectivity index (χ1n) is 5.71. The second kappa shape index (κ2) is 6.25. The lowest BCUT2D eigenvalue weighted by Gasteiger charge is -2.21. The van der Waals surface area contributed by atoms with Gasteiger partial charge in [-0.3, -0.25) is 10.6 Å². The highest BCUT2D eigenvalue weighted by atomic mass is 16.5. The number of hydrogen-bond donors (Lipinski definition) is 3. The molecule has 0 aromatic carbocycles. The third kappa shape index (κ3) is 3.63. The van der Waals surface area contributed by atoms with Crippen LogP contribution in [-0.4, -0.2) is 48.4 Å². The molecule has 3 N–H and O–H groups in total. The van der Waals surface area contributed by atoms with Gasteiger partial charge in [0.25, 0.3) is 0 Å². The zero-order valence-electron chi connectivity index (χ0n) is 10.8. The summed E-state index contributed by atoms with van der Waals surface area (Å²) in [5.41, 5.74) is 0.622. The smallest absolute Gasteiger partial charge is 0.411 e. The SMILES string of the molecule is COC(=O)NC(=CN1CNCC1C(=O)O)C(C)C. The number of carbonyl (C=O) groups excluding carboxylic acids is 1. The molecule has 1 saturated heterocycles. The van der Waals surface area contributed by atoms with E-state index in [4.69, 9.17) is 5.11 Å². The maximum Gasteiger partial charge on any atom is 0.411 e. The Labute approximate surface area is 106 Å². The molecule has 1 rings (SSSR count). The molecule has 0 bridgehead atoms. The molecular weight excluding hydrogens is 238 g/mol. The van der Waals surface area contributed by atoms with Crippen molar-refractivity contribution in [2.75, 3.05) is 20.3 Å². The van der Waals surface area contributed by atoms with Gasteiger partial charge >= 0.3 is 12.1 Å². The molecule has 1 atom stereocenters. The van der Waals surface area contributed by atoms with Crippen LogP contribution in [0.4, 0.5) is 4.79 Å². The van der Waals surface area contributed by atoms with E-state index < -0.39 is 18.1 Å². The Kier molecular flexibility index (Phi) is 4.96. The Morgan fingerprint density at radius 1 is 1.56 bits per heavy atom. The molecule has 0 radical (unpaired) electrons. The van der Waals surface area contributed by atoms with E-state index >= 15 is 0 Å². The van der Waals surface area contributed by atoms with Crippen molar-refractivity contribution in [2.45, 2.75) is 19.9 Å². The van der Waals surface area contributed by atoms with E-state index in [-0.39, 0.29) is 5.92 Å². The largest absolute Gasteiger partial charge is 0.480 e. The normalized spacial score (nSPS) is 20.1. The summed E-state index contributed by atoms with van der Waals surface area (Å²) in [6.07, 6.45) is 1.09. The molecule has 0 aromatic heterocycles. The predicted octanol–water partition coefficient (Wildman–Crippen LogP) is 0.156. The highest BCUT2D eigenvalue weighted by Gasteiger charge is 2.28. The third-order valence-corrected chi connectivity index (χ3v) is 2.68. The Bertz CT molecular complexity index is 354. The second-order valence-corrected chi connectivity index (χ2v) is 4.34. The van der Waals surface area contributed by atoms with Gasteiger partial charge in [0.1, 0.15) is 6.04 Å². The number of nitrogens with zero attached hydrogens (tertiary/aromatic N) is 1. The zero-order chi connectivity index (χ0) is 13.7. The van der Waals surface area contributed by atoms with Crippen molar-refractivity contribution in [3.8, 4) is 0 Å². The van der Waals surface area contributed by atoms with E-state index in [1.807, 2.05) is 13.8 Å². The molecule has 7 heteroatoms. The summed E-state index contributed by atoms with van der Waals surface area (Å²) in [6, 6.07) is -0.613. The number of aliphatic carboxylic acids is 1. The first-order chi connectivity index (χ1) is 8.45. The van der Waals surface area contributed by atoms with Gasteiger partial charge in [-0.15, -0.1) is 0 Å². The van der Waals surface area contributed by atoms with Crippen molar-refractivity contribution in [3.05, 3.63) is 11.9 Å². The van der Waals surface area contributed by atoms with Crippen LogP contribution in [0.1, 0.15) is 13.8 Å². The zero-order valence-corrected chi connectivity index (χ0v) is 10.8. The lowest BCUT2D eigenvalue weighted by atomic mass is 10.1. The Hall–Kier alpha value is -1.76. The fourth-order valence-electron chi connectivity index (χ4n) is 1.60. The summed E-state index contributed by atoms with van der Waals surface area (Å²) in [6.45, 7) is 4.63. The van der Waals surface area contributed by atoms with Crippen molar-refractivity contribution in [1.29, 1.82) is 0 Å². The molecule has 1 fully saturated rings. The van der Waals surface area contributed by atoms with Crippen molar-refractivity contribution in [3.63, 3.8) is 0 Å². The molecule has 0 saturated carbocycles. The van der Waals surface area contributed by atoms with Crippen LogP contribution in [0.3, 0.4) is 0 Å². The lowest BCUT2D eigenvalue weighted by Crippen LogP contribution is -2.36. The number of allylic oxidation sites excluding steroid dienone is 1. The number of rotatable bonds is 4. The summed E-state index contributed by atoms with van der Waals surface area (Å²) in [5, 5.41) is 14.6. The summed E-state index contributed by atoms with van der Waals surface area (Å²) in [4.78, 5) is 23.9. The average Bonchev–Trinajstić information content (AvgIpc) is 2.76. The molecule has 7 nitrogen and oxygen atoms in total. The van der Waals surface area contributed by atoms with E-state index in [0.717, 1.165) is 0 Å². The van der Waals surface area contributed by atoms with E-state index in [2.05, 4.69) is 15.4 Å². The average molecular weight is 257 g/mol.